The molecule has 0 spiro atoms. The Morgan fingerprint density at radius 1 is 1.13 bits per heavy atom. The summed E-state index contributed by atoms with van der Waals surface area (Å²) in [5.74, 6) is 1.53. The van der Waals surface area contributed by atoms with Crippen LogP contribution in [-0.2, 0) is 12.1 Å². The van der Waals surface area contributed by atoms with Crippen LogP contribution in [0.5, 0.6) is 17.6 Å². The summed E-state index contributed by atoms with van der Waals surface area (Å²) in [4.78, 5) is 11.3. The molecule has 2 aromatic rings. The van der Waals surface area contributed by atoms with Crippen molar-refractivity contribution in [3.05, 3.63) is 41.6 Å². The normalized spacial score (nSPS) is 25.8. The first-order valence-electron chi connectivity index (χ1n) is 11.3. The highest BCUT2D eigenvalue weighted by Crippen LogP contribution is 2.51. The van der Waals surface area contributed by atoms with E-state index < -0.39 is 5.60 Å². The van der Waals surface area contributed by atoms with Crippen LogP contribution in [0.15, 0.2) is 30.5 Å². The lowest BCUT2D eigenvalue weighted by Gasteiger charge is -2.53. The Kier molecular flexibility index (Phi) is 6.62. The summed E-state index contributed by atoms with van der Waals surface area (Å²) in [5.41, 5.74) is 0.939. The van der Waals surface area contributed by atoms with Gasteiger partial charge in [-0.2, -0.15) is 4.98 Å². The van der Waals surface area contributed by atoms with Gasteiger partial charge in [-0.05, 0) is 44.4 Å². The number of nitrogens with zero attached hydrogens (tertiary/aromatic N) is 3. The van der Waals surface area contributed by atoms with Gasteiger partial charge in [-0.1, -0.05) is 18.6 Å². The molecule has 2 unspecified atom stereocenters. The van der Waals surface area contributed by atoms with Gasteiger partial charge in [-0.3, -0.25) is 4.90 Å². The van der Waals surface area contributed by atoms with Crippen LogP contribution in [-0.4, -0.2) is 53.4 Å². The van der Waals surface area contributed by atoms with E-state index in [1.807, 2.05) is 26.0 Å². The van der Waals surface area contributed by atoms with E-state index in [-0.39, 0.29) is 11.8 Å². The number of ether oxygens (including phenoxy) is 3. The highest BCUT2D eigenvalue weighted by atomic mass is 16.5. The second-order valence-corrected chi connectivity index (χ2v) is 8.43. The van der Waals surface area contributed by atoms with E-state index in [2.05, 4.69) is 27.0 Å². The van der Waals surface area contributed by atoms with Gasteiger partial charge in [0.15, 0.2) is 0 Å². The van der Waals surface area contributed by atoms with E-state index in [0.29, 0.717) is 30.7 Å². The Balaban J connectivity index is 1.60. The van der Waals surface area contributed by atoms with Crippen LogP contribution in [0.25, 0.3) is 0 Å². The second-order valence-electron chi connectivity index (χ2n) is 8.43. The molecule has 31 heavy (non-hydrogen) atoms. The van der Waals surface area contributed by atoms with E-state index in [4.69, 9.17) is 14.2 Å². The summed E-state index contributed by atoms with van der Waals surface area (Å²) in [5, 5.41) is 12.1. The number of aromatic nitrogens is 2. The van der Waals surface area contributed by atoms with Crippen molar-refractivity contribution in [2.45, 2.75) is 45.3 Å². The molecule has 1 aliphatic carbocycles. The lowest BCUT2D eigenvalue weighted by molar-refractivity contribution is -0.150. The Bertz CT molecular complexity index is 877. The van der Waals surface area contributed by atoms with Gasteiger partial charge in [0, 0.05) is 37.7 Å². The van der Waals surface area contributed by atoms with E-state index in [1.165, 1.54) is 5.56 Å². The molecule has 1 saturated carbocycles. The molecule has 1 aromatic carbocycles. The Morgan fingerprint density at radius 2 is 1.87 bits per heavy atom. The summed E-state index contributed by atoms with van der Waals surface area (Å²) < 4.78 is 16.7. The third kappa shape index (κ3) is 4.34. The summed E-state index contributed by atoms with van der Waals surface area (Å²) in [7, 11) is 1.69. The molecule has 1 N–H and O–H groups in total. The predicted octanol–water partition coefficient (Wildman–Crippen LogP) is 3.40. The van der Waals surface area contributed by atoms with Crippen molar-refractivity contribution in [3.63, 3.8) is 0 Å². The van der Waals surface area contributed by atoms with Crippen molar-refractivity contribution in [2.75, 3.05) is 33.4 Å². The quantitative estimate of drug-likeness (QED) is 0.692. The van der Waals surface area contributed by atoms with E-state index in [1.54, 1.807) is 13.3 Å². The number of fused-ring (bicyclic) bond motifs is 2. The van der Waals surface area contributed by atoms with Crippen molar-refractivity contribution < 1.29 is 19.3 Å². The molecule has 7 nitrogen and oxygen atoms in total. The molecule has 7 heteroatoms. The number of likely N-dealkylation sites (tertiary alicyclic amines) is 1. The van der Waals surface area contributed by atoms with Crippen LogP contribution in [0.1, 0.15) is 44.2 Å². The standard InChI is InChI=1S/C24H33N3O4/c1-4-30-22-21(13-25-23(26-22)31-5-2)24(28)18-9-7-10-19(24)16-27(15-18)14-17-8-6-11-20(12-17)29-3/h6,8,11-13,18-19,28H,4-5,7,9-10,14-16H2,1-3H3. The highest BCUT2D eigenvalue weighted by molar-refractivity contribution is 5.35. The molecule has 4 rings (SSSR count). The van der Waals surface area contributed by atoms with Crippen LogP contribution in [0.2, 0.25) is 0 Å². The van der Waals surface area contributed by atoms with Crippen LogP contribution in [0.3, 0.4) is 0 Å². The monoisotopic (exact) mass is 427 g/mol. The summed E-state index contributed by atoms with van der Waals surface area (Å²) in [6.45, 7) is 7.27. The van der Waals surface area contributed by atoms with Gasteiger partial charge in [-0.15, -0.1) is 0 Å². The zero-order valence-corrected chi connectivity index (χ0v) is 18.7. The average Bonchev–Trinajstić information content (AvgIpc) is 2.75. The molecule has 0 amide bonds. The number of hydrogen-bond donors (Lipinski definition) is 1. The zero-order valence-electron chi connectivity index (χ0n) is 18.7. The van der Waals surface area contributed by atoms with Gasteiger partial charge in [0.1, 0.15) is 11.4 Å². The summed E-state index contributed by atoms with van der Waals surface area (Å²) in [6.07, 6.45) is 4.79. The van der Waals surface area contributed by atoms with E-state index in [9.17, 15) is 5.11 Å². The first kappa shape index (κ1) is 21.8. The van der Waals surface area contributed by atoms with Gasteiger partial charge < -0.3 is 19.3 Å². The molecule has 1 aliphatic heterocycles. The highest BCUT2D eigenvalue weighted by Gasteiger charge is 2.53. The maximum absolute atomic E-state index is 12.1. The number of piperidine rings is 1. The van der Waals surface area contributed by atoms with Gasteiger partial charge >= 0.3 is 6.01 Å². The molecule has 168 valence electrons. The third-order valence-corrected chi connectivity index (χ3v) is 6.57. The zero-order chi connectivity index (χ0) is 21.8. The maximum Gasteiger partial charge on any atom is 0.319 e. The molecule has 1 saturated heterocycles. The van der Waals surface area contributed by atoms with Crippen LogP contribution in [0, 0.1) is 11.8 Å². The molecule has 0 radical (unpaired) electrons. The van der Waals surface area contributed by atoms with Crippen molar-refractivity contribution in [2.24, 2.45) is 11.8 Å². The van der Waals surface area contributed by atoms with Gasteiger partial charge in [0.2, 0.25) is 5.88 Å². The Labute approximate surface area is 184 Å². The molecule has 2 aliphatic rings. The van der Waals surface area contributed by atoms with E-state index in [0.717, 1.165) is 44.6 Å². The number of methoxy groups -OCH3 is 1. The maximum atomic E-state index is 12.1. The van der Waals surface area contributed by atoms with Gasteiger partial charge in [-0.25, -0.2) is 4.98 Å². The molecule has 1 aromatic heterocycles. The van der Waals surface area contributed by atoms with Crippen LogP contribution < -0.4 is 14.2 Å². The van der Waals surface area contributed by atoms with Crippen molar-refractivity contribution in [1.29, 1.82) is 0 Å². The predicted molar refractivity (Wildman–Crippen MR) is 117 cm³/mol. The summed E-state index contributed by atoms with van der Waals surface area (Å²) in [6, 6.07) is 8.50. The average molecular weight is 428 g/mol. The fraction of sp³-hybridized carbons (Fsp3) is 0.583. The Morgan fingerprint density at radius 3 is 2.55 bits per heavy atom. The second kappa shape index (κ2) is 9.40. The SMILES string of the molecule is CCOc1ncc(C2(O)C3CCCC2CN(Cc2cccc(OC)c2)C3)c(OCC)n1. The topological polar surface area (TPSA) is 76.9 Å². The number of rotatable bonds is 8. The number of hydrogen-bond acceptors (Lipinski definition) is 7. The molecular weight excluding hydrogens is 394 g/mol. The van der Waals surface area contributed by atoms with Crippen LogP contribution >= 0.6 is 0 Å². The van der Waals surface area contributed by atoms with Gasteiger partial charge in [0.25, 0.3) is 0 Å². The molecular formula is C24H33N3O4. The lowest BCUT2D eigenvalue weighted by atomic mass is 9.63. The van der Waals surface area contributed by atoms with E-state index >= 15 is 0 Å². The van der Waals surface area contributed by atoms with Crippen molar-refractivity contribution in [3.8, 4) is 17.6 Å². The first-order valence-corrected chi connectivity index (χ1v) is 11.3. The lowest BCUT2D eigenvalue weighted by Crippen LogP contribution is -2.58. The molecule has 2 bridgehead atoms. The number of aliphatic hydroxyl groups is 1. The fourth-order valence-corrected chi connectivity index (χ4v) is 5.21. The minimum absolute atomic E-state index is 0.103. The first-order chi connectivity index (χ1) is 15.1. The van der Waals surface area contributed by atoms with Crippen LogP contribution in [0.4, 0.5) is 0 Å². The molecule has 2 atom stereocenters. The minimum Gasteiger partial charge on any atom is -0.497 e. The fourth-order valence-electron chi connectivity index (χ4n) is 5.21. The number of benzene rings is 1. The van der Waals surface area contributed by atoms with Gasteiger partial charge in [0.05, 0.1) is 25.9 Å². The minimum atomic E-state index is -0.988. The molecule has 2 fully saturated rings. The largest absolute Gasteiger partial charge is 0.497 e. The molecule has 2 heterocycles. The van der Waals surface area contributed by atoms with Crippen molar-refractivity contribution in [1.82, 2.24) is 14.9 Å². The Hall–Kier alpha value is -2.38. The summed E-state index contributed by atoms with van der Waals surface area (Å²) >= 11 is 0. The smallest absolute Gasteiger partial charge is 0.319 e. The van der Waals surface area contributed by atoms with Crippen molar-refractivity contribution >= 4 is 0 Å². The third-order valence-electron chi connectivity index (χ3n) is 6.57.